The third kappa shape index (κ3) is 3.40. The number of piperidine rings is 1. The van der Waals surface area contributed by atoms with Crippen LogP contribution in [0.4, 0.5) is 0 Å². The van der Waals surface area contributed by atoms with Crippen molar-refractivity contribution in [3.05, 3.63) is 60.3 Å². The number of hydrogen-bond donors (Lipinski definition) is 0. The third-order valence-corrected chi connectivity index (χ3v) is 4.90. The second kappa shape index (κ2) is 6.67. The fourth-order valence-corrected chi connectivity index (χ4v) is 3.66. The Bertz CT molecular complexity index is 901. The van der Waals surface area contributed by atoms with E-state index < -0.39 is 0 Å². The van der Waals surface area contributed by atoms with Crippen LogP contribution in [-0.2, 0) is 13.5 Å². The van der Waals surface area contributed by atoms with Crippen molar-refractivity contribution in [3.63, 3.8) is 0 Å². The third-order valence-electron chi connectivity index (χ3n) is 4.90. The second-order valence-corrected chi connectivity index (χ2v) is 6.92. The number of imidazole rings is 1. The van der Waals surface area contributed by atoms with Crippen molar-refractivity contribution in [2.45, 2.75) is 19.3 Å². The fraction of sp³-hybridized carbons (Fsp3) is 0.350. The van der Waals surface area contributed by atoms with Gasteiger partial charge in [-0.2, -0.15) is 0 Å². The van der Waals surface area contributed by atoms with Gasteiger partial charge in [0.2, 0.25) is 0 Å². The van der Waals surface area contributed by atoms with E-state index in [2.05, 4.69) is 22.1 Å². The van der Waals surface area contributed by atoms with Crippen LogP contribution in [0.3, 0.4) is 0 Å². The maximum absolute atomic E-state index is 12.6. The quantitative estimate of drug-likeness (QED) is 0.740. The molecule has 1 unspecified atom stereocenters. The minimum absolute atomic E-state index is 0.0435. The molecule has 3 aromatic rings. The Morgan fingerprint density at radius 1 is 1.28 bits per heavy atom. The highest BCUT2D eigenvalue weighted by Crippen LogP contribution is 2.23. The largest absolute Gasteiger partial charge is 0.340 e. The van der Waals surface area contributed by atoms with Gasteiger partial charge in [0.05, 0.1) is 11.8 Å². The van der Waals surface area contributed by atoms with Gasteiger partial charge in [0.25, 0.3) is 5.91 Å². The van der Waals surface area contributed by atoms with Crippen molar-refractivity contribution >= 4 is 16.8 Å². The van der Waals surface area contributed by atoms with Gasteiger partial charge in [-0.05, 0) is 42.9 Å². The minimum atomic E-state index is 0.0435. The van der Waals surface area contributed by atoms with Crippen molar-refractivity contribution < 1.29 is 4.79 Å². The van der Waals surface area contributed by atoms with E-state index in [0.717, 1.165) is 37.9 Å². The number of amides is 1. The average Bonchev–Trinajstić information content (AvgIpc) is 3.07. The molecule has 1 saturated heterocycles. The zero-order valence-electron chi connectivity index (χ0n) is 14.4. The van der Waals surface area contributed by atoms with Gasteiger partial charge in [0, 0.05) is 37.9 Å². The molecule has 1 atom stereocenters. The van der Waals surface area contributed by atoms with Crippen molar-refractivity contribution in [2.75, 3.05) is 13.1 Å². The van der Waals surface area contributed by atoms with Crippen LogP contribution in [-0.4, -0.2) is 38.4 Å². The highest BCUT2D eigenvalue weighted by atomic mass is 16.2. The number of fused-ring (bicyclic) bond motifs is 1. The monoisotopic (exact) mass is 334 g/mol. The average molecular weight is 334 g/mol. The van der Waals surface area contributed by atoms with E-state index in [9.17, 15) is 4.79 Å². The number of likely N-dealkylation sites (tertiary alicyclic amines) is 1. The van der Waals surface area contributed by atoms with Gasteiger partial charge in [-0.3, -0.25) is 9.78 Å². The number of rotatable bonds is 3. The number of carbonyl (C=O) groups is 1. The molecule has 0 bridgehead atoms. The zero-order valence-corrected chi connectivity index (χ0v) is 14.4. The number of carbonyl (C=O) groups excluding carboxylic acids is 1. The van der Waals surface area contributed by atoms with Crippen LogP contribution in [0.25, 0.3) is 10.9 Å². The van der Waals surface area contributed by atoms with E-state index in [0.29, 0.717) is 11.6 Å². The van der Waals surface area contributed by atoms with Crippen LogP contribution in [0, 0.1) is 5.92 Å². The molecule has 0 spiro atoms. The highest BCUT2D eigenvalue weighted by Gasteiger charge is 2.25. The number of nitrogens with zero attached hydrogens (tertiary/aromatic N) is 4. The maximum Gasteiger partial charge on any atom is 0.274 e. The first-order valence-corrected chi connectivity index (χ1v) is 8.80. The molecule has 0 radical (unpaired) electrons. The lowest BCUT2D eigenvalue weighted by atomic mass is 9.91. The molecule has 1 fully saturated rings. The van der Waals surface area contributed by atoms with Crippen LogP contribution in [0.2, 0.25) is 0 Å². The lowest BCUT2D eigenvalue weighted by Crippen LogP contribution is -2.40. The first-order valence-electron chi connectivity index (χ1n) is 8.80. The SMILES string of the molecule is Cn1cnc(C(=O)N2CCCC(Cc3cnc4ccccc4c3)C2)c1. The number of pyridine rings is 1. The van der Waals surface area contributed by atoms with Crippen LogP contribution in [0.15, 0.2) is 49.1 Å². The van der Waals surface area contributed by atoms with Gasteiger partial charge in [0.1, 0.15) is 5.69 Å². The Hall–Kier alpha value is -2.69. The van der Waals surface area contributed by atoms with Crippen LogP contribution >= 0.6 is 0 Å². The molecular weight excluding hydrogens is 312 g/mol. The summed E-state index contributed by atoms with van der Waals surface area (Å²) in [7, 11) is 1.88. The zero-order chi connectivity index (χ0) is 17.2. The van der Waals surface area contributed by atoms with Crippen molar-refractivity contribution in [2.24, 2.45) is 13.0 Å². The number of benzene rings is 1. The molecule has 4 rings (SSSR count). The standard InChI is InChI=1S/C20H22N4O/c1-23-13-19(22-14-23)20(25)24-8-4-5-15(12-24)9-16-10-17-6-2-3-7-18(17)21-11-16/h2-3,6-7,10-11,13-15H,4-5,8-9,12H2,1H3. The molecule has 0 N–H and O–H groups in total. The predicted molar refractivity (Wildman–Crippen MR) is 97.3 cm³/mol. The van der Waals surface area contributed by atoms with E-state index in [4.69, 9.17) is 0 Å². The van der Waals surface area contributed by atoms with Crippen molar-refractivity contribution in [1.82, 2.24) is 19.4 Å². The first kappa shape index (κ1) is 15.8. The topological polar surface area (TPSA) is 51.0 Å². The van der Waals surface area contributed by atoms with Gasteiger partial charge in [-0.15, -0.1) is 0 Å². The van der Waals surface area contributed by atoms with Crippen LogP contribution in [0.5, 0.6) is 0 Å². The van der Waals surface area contributed by atoms with Gasteiger partial charge < -0.3 is 9.47 Å². The molecule has 3 heterocycles. The molecule has 25 heavy (non-hydrogen) atoms. The van der Waals surface area contributed by atoms with Crippen molar-refractivity contribution in [3.8, 4) is 0 Å². The van der Waals surface area contributed by atoms with Gasteiger partial charge in [0.15, 0.2) is 0 Å². The summed E-state index contributed by atoms with van der Waals surface area (Å²) in [5.41, 5.74) is 2.81. The summed E-state index contributed by atoms with van der Waals surface area (Å²) in [6.07, 6.45) is 8.60. The van der Waals surface area contributed by atoms with Crippen LogP contribution in [0.1, 0.15) is 28.9 Å². The van der Waals surface area contributed by atoms with E-state index >= 15 is 0 Å². The Labute approximate surface area is 147 Å². The van der Waals surface area contributed by atoms with E-state index in [1.54, 1.807) is 12.5 Å². The summed E-state index contributed by atoms with van der Waals surface area (Å²) in [4.78, 5) is 23.3. The van der Waals surface area contributed by atoms with Crippen LogP contribution < -0.4 is 0 Å². The molecular formula is C20H22N4O. The fourth-order valence-electron chi connectivity index (χ4n) is 3.66. The number of aromatic nitrogens is 3. The van der Waals surface area contributed by atoms with Gasteiger partial charge in [-0.1, -0.05) is 18.2 Å². The van der Waals surface area contributed by atoms with Gasteiger partial charge >= 0.3 is 0 Å². The molecule has 1 aromatic carbocycles. The Morgan fingerprint density at radius 3 is 3.00 bits per heavy atom. The Balaban J connectivity index is 1.46. The molecule has 1 aliphatic heterocycles. The molecule has 2 aromatic heterocycles. The molecule has 5 nitrogen and oxygen atoms in total. The molecule has 1 amide bonds. The summed E-state index contributed by atoms with van der Waals surface area (Å²) < 4.78 is 1.81. The predicted octanol–water partition coefficient (Wildman–Crippen LogP) is 3.06. The number of aryl methyl sites for hydroxylation is 1. The van der Waals surface area contributed by atoms with E-state index in [1.165, 1.54) is 10.9 Å². The second-order valence-electron chi connectivity index (χ2n) is 6.92. The first-order chi connectivity index (χ1) is 12.2. The maximum atomic E-state index is 12.6. The molecule has 0 saturated carbocycles. The summed E-state index contributed by atoms with van der Waals surface area (Å²) in [5.74, 6) is 0.520. The summed E-state index contributed by atoms with van der Waals surface area (Å²) in [5, 5.41) is 1.18. The smallest absolute Gasteiger partial charge is 0.274 e. The van der Waals surface area contributed by atoms with Gasteiger partial charge in [-0.25, -0.2) is 4.98 Å². The molecule has 5 heteroatoms. The number of para-hydroxylation sites is 1. The van der Waals surface area contributed by atoms with E-state index in [1.807, 2.05) is 40.9 Å². The normalized spacial score (nSPS) is 17.8. The number of hydrogen-bond acceptors (Lipinski definition) is 3. The summed E-state index contributed by atoms with van der Waals surface area (Å²) >= 11 is 0. The van der Waals surface area contributed by atoms with E-state index in [-0.39, 0.29) is 5.91 Å². The van der Waals surface area contributed by atoms with Crippen molar-refractivity contribution in [1.29, 1.82) is 0 Å². The summed E-state index contributed by atoms with van der Waals surface area (Å²) in [6.45, 7) is 1.62. The Morgan fingerprint density at radius 2 is 2.16 bits per heavy atom. The minimum Gasteiger partial charge on any atom is -0.340 e. The summed E-state index contributed by atoms with van der Waals surface area (Å²) in [6, 6.07) is 10.4. The molecule has 1 aliphatic rings. The molecule has 128 valence electrons. The lowest BCUT2D eigenvalue weighted by molar-refractivity contribution is 0.0668. The molecule has 0 aliphatic carbocycles. The Kier molecular flexibility index (Phi) is 4.22. The highest BCUT2D eigenvalue weighted by molar-refractivity contribution is 5.92. The lowest BCUT2D eigenvalue weighted by Gasteiger charge is -2.32.